The molecule has 2 aliphatic carbocycles. The highest BCUT2D eigenvalue weighted by Crippen LogP contribution is 2.54. The molecular weight excluding hydrogens is 410 g/mol. The third kappa shape index (κ3) is 4.84. The Hall–Kier alpha value is -1.43. The average molecular weight is 448 g/mol. The SMILES string of the molecule is CC(=O)C1CC(N)(CC(=O)NC2CCC(Cc3ccc(Cl)cc3)(N(C)C)CC2)C1(C)C. The number of nitrogens with zero attached hydrogens (tertiary/aromatic N) is 1. The second-order valence-corrected chi connectivity index (χ2v) is 11.1. The minimum Gasteiger partial charge on any atom is -0.353 e. The number of hydrogen-bond donors (Lipinski definition) is 2. The highest BCUT2D eigenvalue weighted by Gasteiger charge is 2.59. The molecule has 2 fully saturated rings. The summed E-state index contributed by atoms with van der Waals surface area (Å²) in [5, 5.41) is 3.99. The first-order valence-corrected chi connectivity index (χ1v) is 11.8. The van der Waals surface area contributed by atoms with E-state index in [1.54, 1.807) is 6.92 Å². The van der Waals surface area contributed by atoms with Crippen molar-refractivity contribution in [2.75, 3.05) is 14.1 Å². The van der Waals surface area contributed by atoms with Gasteiger partial charge in [0.05, 0.1) is 0 Å². The Kier molecular flexibility index (Phi) is 6.90. The maximum absolute atomic E-state index is 12.8. The van der Waals surface area contributed by atoms with E-state index in [4.69, 9.17) is 17.3 Å². The van der Waals surface area contributed by atoms with Crippen molar-refractivity contribution in [1.82, 2.24) is 10.2 Å². The number of benzene rings is 1. The Balaban J connectivity index is 1.55. The zero-order chi connectivity index (χ0) is 23.0. The summed E-state index contributed by atoms with van der Waals surface area (Å²) in [5.41, 5.74) is 6.99. The molecule has 0 bridgehead atoms. The van der Waals surface area contributed by atoms with Gasteiger partial charge in [0.2, 0.25) is 5.91 Å². The molecule has 0 heterocycles. The van der Waals surface area contributed by atoms with Crippen molar-refractivity contribution in [2.45, 2.75) is 82.8 Å². The lowest BCUT2D eigenvalue weighted by atomic mass is 9.48. The number of amides is 1. The molecule has 5 nitrogen and oxygen atoms in total. The molecule has 3 N–H and O–H groups in total. The van der Waals surface area contributed by atoms with E-state index in [0.717, 1.165) is 37.1 Å². The van der Waals surface area contributed by atoms with Gasteiger partial charge in [-0.2, -0.15) is 0 Å². The fraction of sp³-hybridized carbons (Fsp3) is 0.680. The lowest BCUT2D eigenvalue weighted by Crippen LogP contribution is -2.69. The molecule has 31 heavy (non-hydrogen) atoms. The Morgan fingerprint density at radius 3 is 2.23 bits per heavy atom. The summed E-state index contributed by atoms with van der Waals surface area (Å²) in [5.74, 6) is 0.130. The van der Waals surface area contributed by atoms with Crippen LogP contribution in [0.1, 0.15) is 64.9 Å². The van der Waals surface area contributed by atoms with Crippen molar-refractivity contribution in [2.24, 2.45) is 17.1 Å². The first-order valence-electron chi connectivity index (χ1n) is 11.4. The Morgan fingerprint density at radius 1 is 1.16 bits per heavy atom. The summed E-state index contributed by atoms with van der Waals surface area (Å²) in [6.07, 6.45) is 5.81. The lowest BCUT2D eigenvalue weighted by Gasteiger charge is -2.59. The molecule has 6 heteroatoms. The number of Topliss-reactive ketones (excluding diaryl/α,β-unsaturated/α-hetero) is 1. The molecule has 0 spiro atoms. The number of hydrogen-bond acceptors (Lipinski definition) is 4. The smallest absolute Gasteiger partial charge is 0.222 e. The molecule has 1 aromatic carbocycles. The molecule has 0 aliphatic heterocycles. The van der Waals surface area contributed by atoms with Gasteiger partial charge in [-0.15, -0.1) is 0 Å². The first kappa shape index (κ1) is 24.2. The number of nitrogens with two attached hydrogens (primary N) is 1. The molecule has 2 aliphatic rings. The number of rotatable bonds is 7. The molecule has 172 valence electrons. The highest BCUT2D eigenvalue weighted by molar-refractivity contribution is 6.30. The van der Waals surface area contributed by atoms with Crippen LogP contribution < -0.4 is 11.1 Å². The van der Waals surface area contributed by atoms with E-state index in [2.05, 4.69) is 36.4 Å². The first-order chi connectivity index (χ1) is 14.4. The van der Waals surface area contributed by atoms with Crippen LogP contribution in [-0.4, -0.2) is 47.8 Å². The van der Waals surface area contributed by atoms with E-state index in [-0.39, 0.29) is 41.0 Å². The van der Waals surface area contributed by atoms with Crippen molar-refractivity contribution in [3.05, 3.63) is 34.9 Å². The standard InChI is InChI=1S/C25H38ClN3O2/c1-17(30)21-15-25(27,23(21,2)3)16-22(31)28-20-10-12-24(13-11-20,29(4)5)14-18-6-8-19(26)9-7-18/h6-9,20-21H,10-16,27H2,1-5H3,(H,28,31). The predicted octanol–water partition coefficient (Wildman–Crippen LogP) is 3.96. The summed E-state index contributed by atoms with van der Waals surface area (Å²) < 4.78 is 0. The van der Waals surface area contributed by atoms with E-state index in [1.807, 2.05) is 26.0 Å². The number of nitrogens with one attached hydrogen (secondary N) is 1. The number of ketones is 1. The third-order valence-corrected chi connectivity index (χ3v) is 8.62. The van der Waals surface area contributed by atoms with Crippen molar-refractivity contribution < 1.29 is 9.59 Å². The van der Waals surface area contributed by atoms with Gasteiger partial charge >= 0.3 is 0 Å². The minimum absolute atomic E-state index is 0.0117. The molecule has 0 radical (unpaired) electrons. The molecule has 0 aromatic heterocycles. The van der Waals surface area contributed by atoms with Crippen LogP contribution in [0.3, 0.4) is 0 Å². The molecule has 2 unspecified atom stereocenters. The van der Waals surface area contributed by atoms with Gasteiger partial charge in [0.15, 0.2) is 0 Å². The molecular formula is C25H38ClN3O2. The summed E-state index contributed by atoms with van der Waals surface area (Å²) >= 11 is 6.04. The molecule has 0 saturated heterocycles. The fourth-order valence-electron chi connectivity index (χ4n) is 5.68. The van der Waals surface area contributed by atoms with Gasteiger partial charge in [0, 0.05) is 34.5 Å². The van der Waals surface area contributed by atoms with E-state index in [1.165, 1.54) is 5.56 Å². The van der Waals surface area contributed by atoms with E-state index < -0.39 is 5.54 Å². The number of carbonyl (C=O) groups is 2. The number of likely N-dealkylation sites (N-methyl/N-ethyl adjacent to an activating group) is 1. The highest BCUT2D eigenvalue weighted by atomic mass is 35.5. The maximum atomic E-state index is 12.8. The molecule has 1 amide bonds. The van der Waals surface area contributed by atoms with Gasteiger partial charge < -0.3 is 16.0 Å². The lowest BCUT2D eigenvalue weighted by molar-refractivity contribution is -0.145. The molecule has 3 rings (SSSR count). The van der Waals surface area contributed by atoms with Gasteiger partial charge in [-0.05, 0) is 82.7 Å². The van der Waals surface area contributed by atoms with Gasteiger partial charge in [0.1, 0.15) is 5.78 Å². The summed E-state index contributed by atoms with van der Waals surface area (Å²) in [6.45, 7) is 5.65. The van der Waals surface area contributed by atoms with Crippen LogP contribution >= 0.6 is 11.6 Å². The minimum atomic E-state index is -0.607. The predicted molar refractivity (Wildman–Crippen MR) is 126 cm³/mol. The number of halogens is 1. The quantitative estimate of drug-likeness (QED) is 0.663. The fourth-order valence-corrected chi connectivity index (χ4v) is 5.81. The van der Waals surface area contributed by atoms with Crippen molar-refractivity contribution in [3.8, 4) is 0 Å². The largest absolute Gasteiger partial charge is 0.353 e. The Bertz CT molecular complexity index is 813. The van der Waals surface area contributed by atoms with Crippen molar-refractivity contribution >= 4 is 23.3 Å². The number of carbonyl (C=O) groups excluding carboxylic acids is 2. The summed E-state index contributed by atoms with van der Waals surface area (Å²) in [7, 11) is 4.30. The monoisotopic (exact) mass is 447 g/mol. The Morgan fingerprint density at radius 2 is 1.74 bits per heavy atom. The maximum Gasteiger partial charge on any atom is 0.222 e. The Labute approximate surface area is 192 Å². The van der Waals surface area contributed by atoms with Crippen LogP contribution in [0.2, 0.25) is 5.02 Å². The summed E-state index contributed by atoms with van der Waals surface area (Å²) in [4.78, 5) is 27.0. The van der Waals surface area contributed by atoms with Crippen molar-refractivity contribution in [1.29, 1.82) is 0 Å². The van der Waals surface area contributed by atoms with E-state index in [9.17, 15) is 9.59 Å². The molecule has 2 saturated carbocycles. The summed E-state index contributed by atoms with van der Waals surface area (Å²) in [6, 6.07) is 8.30. The molecule has 2 atom stereocenters. The van der Waals surface area contributed by atoms with Gasteiger partial charge in [-0.1, -0.05) is 37.6 Å². The van der Waals surface area contributed by atoms with Gasteiger partial charge in [0.25, 0.3) is 0 Å². The second-order valence-electron chi connectivity index (χ2n) is 10.7. The van der Waals surface area contributed by atoms with Crippen LogP contribution in [0, 0.1) is 11.3 Å². The normalized spacial score (nSPS) is 32.4. The van der Waals surface area contributed by atoms with Crippen LogP contribution in [0.25, 0.3) is 0 Å². The topological polar surface area (TPSA) is 75.4 Å². The van der Waals surface area contributed by atoms with Crippen molar-refractivity contribution in [3.63, 3.8) is 0 Å². The third-order valence-electron chi connectivity index (χ3n) is 8.37. The van der Waals surface area contributed by atoms with E-state index >= 15 is 0 Å². The van der Waals surface area contributed by atoms with Gasteiger partial charge in [-0.25, -0.2) is 0 Å². The van der Waals surface area contributed by atoms with Crippen LogP contribution in [0.5, 0.6) is 0 Å². The molecule has 1 aromatic rings. The van der Waals surface area contributed by atoms with Crippen LogP contribution in [-0.2, 0) is 16.0 Å². The van der Waals surface area contributed by atoms with Gasteiger partial charge in [-0.3, -0.25) is 9.59 Å². The second kappa shape index (κ2) is 8.84. The van der Waals surface area contributed by atoms with E-state index in [0.29, 0.717) is 6.42 Å². The van der Waals surface area contributed by atoms with Crippen LogP contribution in [0.4, 0.5) is 0 Å². The zero-order valence-electron chi connectivity index (χ0n) is 19.6. The average Bonchev–Trinajstić information content (AvgIpc) is 2.69. The van der Waals surface area contributed by atoms with Crippen LogP contribution in [0.15, 0.2) is 24.3 Å². The zero-order valence-corrected chi connectivity index (χ0v) is 20.4.